The summed E-state index contributed by atoms with van der Waals surface area (Å²) >= 11 is 5.90. The molecule has 0 radical (unpaired) electrons. The van der Waals surface area contributed by atoms with Crippen molar-refractivity contribution < 1.29 is 23.1 Å². The molecule has 1 aliphatic heterocycles. The number of carbonyl (C=O) groups excluding carboxylic acids is 1. The fourth-order valence-electron chi connectivity index (χ4n) is 3.09. The maximum absolute atomic E-state index is 12.9. The first kappa shape index (κ1) is 19.6. The number of hydrogen-bond acceptors (Lipinski definition) is 4. The summed E-state index contributed by atoms with van der Waals surface area (Å²) in [6.07, 6.45) is -2.61. The Balaban J connectivity index is 1.71. The van der Waals surface area contributed by atoms with Crippen LogP contribution in [0.5, 0.6) is 0 Å². The third-order valence-corrected chi connectivity index (χ3v) is 5.05. The van der Waals surface area contributed by atoms with Crippen molar-refractivity contribution in [3.05, 3.63) is 41.4 Å². The maximum atomic E-state index is 12.9. The molecule has 2 heterocycles. The van der Waals surface area contributed by atoms with Crippen molar-refractivity contribution in [1.82, 2.24) is 19.7 Å². The van der Waals surface area contributed by atoms with Crippen LogP contribution in [0.2, 0.25) is 5.02 Å². The van der Waals surface area contributed by atoms with E-state index in [9.17, 15) is 23.1 Å². The van der Waals surface area contributed by atoms with Crippen LogP contribution in [0, 0.1) is 0 Å². The van der Waals surface area contributed by atoms with Gasteiger partial charge in [0.25, 0.3) is 5.91 Å². The highest BCUT2D eigenvalue weighted by Crippen LogP contribution is 2.34. The minimum absolute atomic E-state index is 0.0666. The summed E-state index contributed by atoms with van der Waals surface area (Å²) in [5, 5.41) is 18.3. The topological polar surface area (TPSA) is 71.2 Å². The van der Waals surface area contributed by atoms with Gasteiger partial charge in [0, 0.05) is 29.7 Å². The summed E-state index contributed by atoms with van der Waals surface area (Å²) < 4.78 is 40.4. The van der Waals surface area contributed by atoms with E-state index >= 15 is 0 Å². The van der Waals surface area contributed by atoms with E-state index in [0.29, 0.717) is 30.6 Å². The first-order valence-electron chi connectivity index (χ1n) is 8.35. The lowest BCUT2D eigenvalue weighted by Gasteiger charge is -2.36. The van der Waals surface area contributed by atoms with E-state index in [1.54, 1.807) is 23.0 Å². The van der Waals surface area contributed by atoms with Crippen LogP contribution in [-0.4, -0.2) is 55.5 Å². The highest BCUT2D eigenvalue weighted by Gasteiger charge is 2.57. The molecule has 1 unspecified atom stereocenters. The molecule has 1 aliphatic rings. The number of alkyl halides is 3. The van der Waals surface area contributed by atoms with Gasteiger partial charge in [0.15, 0.2) is 0 Å². The van der Waals surface area contributed by atoms with E-state index in [1.165, 1.54) is 0 Å². The van der Waals surface area contributed by atoms with Crippen molar-refractivity contribution in [2.75, 3.05) is 13.1 Å². The maximum Gasteiger partial charge on any atom is 0.426 e. The van der Waals surface area contributed by atoms with Crippen molar-refractivity contribution >= 4 is 17.5 Å². The van der Waals surface area contributed by atoms with Crippen molar-refractivity contribution in [2.24, 2.45) is 0 Å². The number of hydrogen-bond donors (Lipinski definition) is 1. The van der Waals surface area contributed by atoms with E-state index in [-0.39, 0.29) is 19.0 Å². The van der Waals surface area contributed by atoms with Gasteiger partial charge < -0.3 is 10.0 Å². The van der Waals surface area contributed by atoms with Crippen molar-refractivity contribution in [3.8, 4) is 5.69 Å². The van der Waals surface area contributed by atoms with Gasteiger partial charge in [-0.1, -0.05) is 11.6 Å². The van der Waals surface area contributed by atoms with Crippen LogP contribution in [-0.2, 0) is 4.79 Å². The lowest BCUT2D eigenvalue weighted by molar-refractivity contribution is -0.250. The summed E-state index contributed by atoms with van der Waals surface area (Å²) in [6.45, 7) is 0.686. The molecule has 1 fully saturated rings. The molecule has 0 saturated carbocycles. The van der Waals surface area contributed by atoms with E-state index in [4.69, 9.17) is 11.6 Å². The van der Waals surface area contributed by atoms with E-state index in [2.05, 4.69) is 10.2 Å². The number of benzene rings is 1. The first-order chi connectivity index (χ1) is 12.6. The average Bonchev–Trinajstić information content (AvgIpc) is 3.10. The Kier molecular flexibility index (Phi) is 5.18. The number of likely N-dealkylation sites (tertiary alicyclic amines) is 1. The van der Waals surface area contributed by atoms with Crippen LogP contribution < -0.4 is 0 Å². The van der Waals surface area contributed by atoms with Gasteiger partial charge >= 0.3 is 6.18 Å². The monoisotopic (exact) mass is 402 g/mol. The highest BCUT2D eigenvalue weighted by atomic mass is 35.5. The SMILES string of the molecule is CC(O)(C(=O)N1CCC(c2nncn2-c2ccc(Cl)cc2)CC1)C(F)(F)F. The minimum atomic E-state index is -5.02. The average molecular weight is 403 g/mol. The fraction of sp³-hybridized carbons (Fsp3) is 0.471. The van der Waals surface area contributed by atoms with Crippen LogP contribution in [0.4, 0.5) is 13.2 Å². The second-order valence-corrected chi connectivity index (χ2v) is 7.11. The molecule has 0 bridgehead atoms. The number of aliphatic hydroxyl groups is 1. The first-order valence-corrected chi connectivity index (χ1v) is 8.73. The Morgan fingerprint density at radius 3 is 2.37 bits per heavy atom. The molecule has 27 heavy (non-hydrogen) atoms. The predicted octanol–water partition coefficient (Wildman–Crippen LogP) is 2.94. The van der Waals surface area contributed by atoms with Crippen molar-refractivity contribution in [2.45, 2.75) is 37.5 Å². The number of aromatic nitrogens is 3. The van der Waals surface area contributed by atoms with Gasteiger partial charge in [0.2, 0.25) is 5.60 Å². The Labute approximate surface area is 158 Å². The zero-order valence-corrected chi connectivity index (χ0v) is 15.2. The number of amides is 1. The molecule has 1 N–H and O–H groups in total. The van der Waals surface area contributed by atoms with Crippen LogP contribution in [0.15, 0.2) is 30.6 Å². The largest absolute Gasteiger partial charge is 0.426 e. The number of halogens is 4. The minimum Gasteiger partial charge on any atom is -0.373 e. The Morgan fingerprint density at radius 1 is 1.22 bits per heavy atom. The second kappa shape index (κ2) is 7.12. The van der Waals surface area contributed by atoms with Crippen LogP contribution in [0.25, 0.3) is 5.69 Å². The van der Waals surface area contributed by atoms with Gasteiger partial charge in [-0.3, -0.25) is 9.36 Å². The summed E-state index contributed by atoms with van der Waals surface area (Å²) in [4.78, 5) is 13.1. The van der Waals surface area contributed by atoms with Gasteiger partial charge in [-0.2, -0.15) is 13.2 Å². The molecule has 3 rings (SSSR count). The molecule has 6 nitrogen and oxygen atoms in total. The van der Waals surface area contributed by atoms with Gasteiger partial charge in [-0.05, 0) is 44.0 Å². The number of rotatable bonds is 3. The molecule has 1 atom stereocenters. The molecule has 1 saturated heterocycles. The molecule has 1 aromatic heterocycles. The molecule has 10 heteroatoms. The molecule has 0 aliphatic carbocycles. The Bertz CT molecular complexity index is 812. The van der Waals surface area contributed by atoms with Crippen molar-refractivity contribution in [3.63, 3.8) is 0 Å². The highest BCUT2D eigenvalue weighted by molar-refractivity contribution is 6.30. The molecular weight excluding hydrogens is 385 g/mol. The van der Waals surface area contributed by atoms with Crippen LogP contribution in [0.3, 0.4) is 0 Å². The van der Waals surface area contributed by atoms with Crippen LogP contribution >= 0.6 is 11.6 Å². The number of nitrogens with zero attached hydrogens (tertiary/aromatic N) is 4. The standard InChI is InChI=1S/C17H18ClF3N4O2/c1-16(27,17(19,20)21)15(26)24-8-6-11(7-9-24)14-23-22-10-25(14)13-4-2-12(18)3-5-13/h2-5,10-11,27H,6-9H2,1H3. The summed E-state index contributed by atoms with van der Waals surface area (Å²) in [6, 6.07) is 7.10. The lowest BCUT2D eigenvalue weighted by Crippen LogP contribution is -2.57. The molecule has 146 valence electrons. The van der Waals surface area contributed by atoms with Gasteiger partial charge in [-0.25, -0.2) is 0 Å². The molecule has 1 aromatic carbocycles. The predicted molar refractivity (Wildman–Crippen MR) is 91.6 cm³/mol. The normalized spacial score (nSPS) is 18.4. The number of piperidine rings is 1. The molecule has 2 aromatic rings. The summed E-state index contributed by atoms with van der Waals surface area (Å²) in [5.41, 5.74) is -2.57. The van der Waals surface area contributed by atoms with E-state index < -0.39 is 17.7 Å². The second-order valence-electron chi connectivity index (χ2n) is 6.67. The quantitative estimate of drug-likeness (QED) is 0.856. The Morgan fingerprint density at radius 2 is 1.81 bits per heavy atom. The van der Waals surface area contributed by atoms with Gasteiger partial charge in [-0.15, -0.1) is 10.2 Å². The van der Waals surface area contributed by atoms with E-state index in [1.807, 2.05) is 12.1 Å². The van der Waals surface area contributed by atoms with Crippen molar-refractivity contribution in [1.29, 1.82) is 0 Å². The van der Waals surface area contributed by atoms with Gasteiger partial charge in [0.05, 0.1) is 0 Å². The molecular formula is C17H18ClF3N4O2. The zero-order valence-electron chi connectivity index (χ0n) is 14.4. The lowest BCUT2D eigenvalue weighted by atomic mass is 9.94. The fourth-order valence-corrected chi connectivity index (χ4v) is 3.22. The number of carbonyl (C=O) groups is 1. The smallest absolute Gasteiger partial charge is 0.373 e. The van der Waals surface area contributed by atoms with E-state index in [0.717, 1.165) is 10.6 Å². The molecule has 1 amide bonds. The summed E-state index contributed by atoms with van der Waals surface area (Å²) in [7, 11) is 0. The molecule has 0 spiro atoms. The third kappa shape index (κ3) is 3.79. The third-order valence-electron chi connectivity index (χ3n) is 4.79. The van der Waals surface area contributed by atoms with Crippen LogP contribution in [0.1, 0.15) is 31.5 Å². The van der Waals surface area contributed by atoms with Gasteiger partial charge in [0.1, 0.15) is 12.2 Å². The Hall–Kier alpha value is -2.13. The summed E-state index contributed by atoms with van der Waals surface area (Å²) in [5.74, 6) is -0.720. The zero-order chi connectivity index (χ0) is 19.8.